The monoisotopic (exact) mass is 538 g/mol. The van der Waals surface area contributed by atoms with Crippen LogP contribution < -0.4 is 10.3 Å². The van der Waals surface area contributed by atoms with E-state index < -0.39 is 17.9 Å². The Morgan fingerprint density at radius 2 is 1.79 bits per heavy atom. The van der Waals surface area contributed by atoms with Crippen molar-refractivity contribution in [3.63, 3.8) is 0 Å². The lowest BCUT2D eigenvalue weighted by Gasteiger charge is -2.22. The number of nitrogens with zero attached hydrogens (tertiary/aromatic N) is 2. The molecule has 1 aliphatic rings. The first kappa shape index (κ1) is 22.5. The third-order valence-corrected chi connectivity index (χ3v) is 7.70. The quantitative estimate of drug-likeness (QED) is 0.321. The molecular formula is C25H19BrN2O5S. The van der Waals surface area contributed by atoms with Gasteiger partial charge in [0.1, 0.15) is 10.5 Å². The molecule has 0 aliphatic carbocycles. The Balaban J connectivity index is 1.79. The van der Waals surface area contributed by atoms with Gasteiger partial charge in [0, 0.05) is 4.47 Å². The van der Waals surface area contributed by atoms with Crippen molar-refractivity contribution in [3.8, 4) is 0 Å². The van der Waals surface area contributed by atoms with Gasteiger partial charge in [0.2, 0.25) is 5.76 Å². The van der Waals surface area contributed by atoms with E-state index in [1.807, 2.05) is 38.1 Å². The summed E-state index contributed by atoms with van der Waals surface area (Å²) >= 11 is 4.48. The van der Waals surface area contributed by atoms with Gasteiger partial charge in [0.05, 0.1) is 29.8 Å². The van der Waals surface area contributed by atoms with E-state index in [1.165, 1.54) is 12.0 Å². The highest BCUT2D eigenvalue weighted by molar-refractivity contribution is 9.10. The lowest BCUT2D eigenvalue weighted by atomic mass is 9.98. The Morgan fingerprint density at radius 1 is 1.12 bits per heavy atom. The fourth-order valence-electron chi connectivity index (χ4n) is 4.15. The standard InChI is InChI=1S/C25H19BrN2O5S/c1-11-9-16-17(10-12(11)2)33-21-18(20(16)29)19(14-5-7-15(26)8-6-14)28(23(21)30)25-27-13(3)22(34-25)24(31)32-4/h5-10,19H,1-4H3. The Labute approximate surface area is 207 Å². The highest BCUT2D eigenvalue weighted by Crippen LogP contribution is 2.43. The molecule has 2 aromatic heterocycles. The molecule has 0 N–H and O–H groups in total. The van der Waals surface area contributed by atoms with Gasteiger partial charge in [-0.15, -0.1) is 0 Å². The molecule has 1 aliphatic heterocycles. The summed E-state index contributed by atoms with van der Waals surface area (Å²) in [7, 11) is 1.29. The molecule has 1 amide bonds. The molecule has 34 heavy (non-hydrogen) atoms. The molecule has 2 aromatic carbocycles. The first-order valence-corrected chi connectivity index (χ1v) is 12.0. The zero-order valence-corrected chi connectivity index (χ0v) is 21.2. The van der Waals surface area contributed by atoms with Gasteiger partial charge < -0.3 is 9.15 Å². The molecule has 0 radical (unpaired) electrons. The number of carbonyl (C=O) groups excluding carboxylic acids is 2. The molecule has 0 fully saturated rings. The number of ether oxygens (including phenoxy) is 1. The zero-order chi connectivity index (χ0) is 24.3. The molecule has 9 heteroatoms. The summed E-state index contributed by atoms with van der Waals surface area (Å²) in [4.78, 5) is 45.8. The number of aryl methyl sites for hydroxylation is 3. The second-order valence-electron chi connectivity index (χ2n) is 8.14. The molecule has 0 bridgehead atoms. The summed E-state index contributed by atoms with van der Waals surface area (Å²) in [5.41, 5.74) is 3.45. The average Bonchev–Trinajstić information content (AvgIpc) is 3.33. The summed E-state index contributed by atoms with van der Waals surface area (Å²) in [6.45, 7) is 5.53. The van der Waals surface area contributed by atoms with Gasteiger partial charge in [-0.3, -0.25) is 14.5 Å². The molecular weight excluding hydrogens is 520 g/mol. The molecule has 0 saturated carbocycles. The van der Waals surface area contributed by atoms with Crippen LogP contribution in [0.1, 0.15) is 54.2 Å². The third kappa shape index (κ3) is 3.38. The van der Waals surface area contributed by atoms with Crippen LogP contribution in [0.2, 0.25) is 0 Å². The molecule has 7 nitrogen and oxygen atoms in total. The van der Waals surface area contributed by atoms with Crippen LogP contribution in [0.4, 0.5) is 5.13 Å². The minimum atomic E-state index is -0.756. The largest absolute Gasteiger partial charge is 0.465 e. The van der Waals surface area contributed by atoms with Crippen molar-refractivity contribution in [2.75, 3.05) is 12.0 Å². The van der Waals surface area contributed by atoms with Crippen LogP contribution in [0.15, 0.2) is 50.1 Å². The molecule has 172 valence electrons. The van der Waals surface area contributed by atoms with Crippen molar-refractivity contribution in [1.82, 2.24) is 4.98 Å². The van der Waals surface area contributed by atoms with Crippen molar-refractivity contribution < 1.29 is 18.7 Å². The van der Waals surface area contributed by atoms with E-state index in [4.69, 9.17) is 9.15 Å². The van der Waals surface area contributed by atoms with Crippen LogP contribution in [-0.2, 0) is 4.74 Å². The number of hydrogen-bond donors (Lipinski definition) is 0. The minimum Gasteiger partial charge on any atom is -0.465 e. The number of methoxy groups -OCH3 is 1. The summed E-state index contributed by atoms with van der Waals surface area (Å²) in [6, 6.07) is 10.2. The number of rotatable bonds is 3. The molecule has 4 aromatic rings. The van der Waals surface area contributed by atoms with Gasteiger partial charge in [-0.1, -0.05) is 39.4 Å². The maximum Gasteiger partial charge on any atom is 0.350 e. The number of thiazole rings is 1. The maximum absolute atomic E-state index is 13.7. The smallest absolute Gasteiger partial charge is 0.350 e. The second kappa shape index (κ2) is 8.18. The summed E-state index contributed by atoms with van der Waals surface area (Å²) < 4.78 is 11.8. The molecule has 1 unspecified atom stereocenters. The SMILES string of the molecule is COC(=O)c1sc(N2C(=O)c3oc4cc(C)c(C)cc4c(=O)c3C2c2ccc(Br)cc2)nc1C. The molecule has 0 saturated heterocycles. The van der Waals surface area contributed by atoms with Gasteiger partial charge in [-0.25, -0.2) is 9.78 Å². The summed E-state index contributed by atoms with van der Waals surface area (Å²) in [6.07, 6.45) is 0. The molecule has 1 atom stereocenters. The number of carbonyl (C=O) groups is 2. The van der Waals surface area contributed by atoms with Crippen LogP contribution in [0.25, 0.3) is 11.0 Å². The first-order chi connectivity index (χ1) is 16.2. The van der Waals surface area contributed by atoms with Crippen molar-refractivity contribution in [3.05, 3.63) is 89.7 Å². The number of aromatic nitrogens is 1. The summed E-state index contributed by atoms with van der Waals surface area (Å²) in [5.74, 6) is -1.03. The first-order valence-electron chi connectivity index (χ1n) is 10.4. The molecule has 5 rings (SSSR count). The number of esters is 1. The van der Waals surface area contributed by atoms with E-state index in [-0.39, 0.29) is 21.9 Å². The molecule has 3 heterocycles. The Bertz CT molecular complexity index is 1550. The normalized spacial score (nSPS) is 15.1. The van der Waals surface area contributed by atoms with E-state index in [9.17, 15) is 14.4 Å². The van der Waals surface area contributed by atoms with Crippen molar-refractivity contribution >= 4 is 55.2 Å². The number of hydrogen-bond acceptors (Lipinski definition) is 7. The van der Waals surface area contributed by atoms with E-state index in [1.54, 1.807) is 19.1 Å². The van der Waals surface area contributed by atoms with Crippen LogP contribution in [0, 0.1) is 20.8 Å². The van der Waals surface area contributed by atoms with Gasteiger partial charge >= 0.3 is 5.97 Å². The van der Waals surface area contributed by atoms with Crippen molar-refractivity contribution in [2.45, 2.75) is 26.8 Å². The Kier molecular flexibility index (Phi) is 5.41. The van der Waals surface area contributed by atoms with E-state index >= 15 is 0 Å². The average molecular weight is 539 g/mol. The van der Waals surface area contributed by atoms with Crippen LogP contribution in [0.5, 0.6) is 0 Å². The molecule has 0 spiro atoms. The van der Waals surface area contributed by atoms with Crippen molar-refractivity contribution in [1.29, 1.82) is 0 Å². The van der Waals surface area contributed by atoms with Crippen molar-refractivity contribution in [2.24, 2.45) is 0 Å². The Morgan fingerprint density at radius 3 is 2.47 bits per heavy atom. The number of amides is 1. The fraction of sp³-hybridized carbons (Fsp3) is 0.200. The van der Waals surface area contributed by atoms with Crippen LogP contribution >= 0.6 is 27.3 Å². The van der Waals surface area contributed by atoms with E-state index in [2.05, 4.69) is 20.9 Å². The third-order valence-electron chi connectivity index (χ3n) is 6.03. The number of fused-ring (bicyclic) bond motifs is 2. The highest BCUT2D eigenvalue weighted by atomic mass is 79.9. The van der Waals surface area contributed by atoms with Gasteiger partial charge in [0.15, 0.2) is 10.6 Å². The zero-order valence-electron chi connectivity index (χ0n) is 18.8. The predicted molar refractivity (Wildman–Crippen MR) is 133 cm³/mol. The lowest BCUT2D eigenvalue weighted by molar-refractivity contribution is 0.0605. The number of anilines is 1. The topological polar surface area (TPSA) is 89.7 Å². The Hall–Kier alpha value is -3.30. The predicted octanol–water partition coefficient (Wildman–Crippen LogP) is 5.47. The van der Waals surface area contributed by atoms with Crippen LogP contribution in [0.3, 0.4) is 0 Å². The van der Waals surface area contributed by atoms with Crippen LogP contribution in [-0.4, -0.2) is 24.0 Å². The maximum atomic E-state index is 13.7. The van der Waals surface area contributed by atoms with Gasteiger partial charge in [0.25, 0.3) is 5.91 Å². The van der Waals surface area contributed by atoms with E-state index in [0.29, 0.717) is 21.5 Å². The highest BCUT2D eigenvalue weighted by Gasteiger charge is 2.45. The van der Waals surface area contributed by atoms with Gasteiger partial charge in [-0.2, -0.15) is 0 Å². The van der Waals surface area contributed by atoms with E-state index in [0.717, 1.165) is 32.5 Å². The van der Waals surface area contributed by atoms with Gasteiger partial charge in [-0.05, 0) is 61.7 Å². The number of halogens is 1. The lowest BCUT2D eigenvalue weighted by Crippen LogP contribution is -2.29. The minimum absolute atomic E-state index is 0.0128. The number of benzene rings is 2. The fourth-order valence-corrected chi connectivity index (χ4v) is 5.43. The second-order valence-corrected chi connectivity index (χ2v) is 10.0. The summed E-state index contributed by atoms with van der Waals surface area (Å²) in [5, 5.41) is 0.710.